The van der Waals surface area contributed by atoms with Crippen LogP contribution in [0.5, 0.6) is 0 Å². The minimum Gasteiger partial charge on any atom is -0.314 e. The molecule has 2 heteroatoms. The summed E-state index contributed by atoms with van der Waals surface area (Å²) < 4.78 is 0. The summed E-state index contributed by atoms with van der Waals surface area (Å²) >= 11 is 0. The van der Waals surface area contributed by atoms with E-state index in [-0.39, 0.29) is 0 Å². The van der Waals surface area contributed by atoms with Crippen molar-refractivity contribution < 1.29 is 0 Å². The van der Waals surface area contributed by atoms with Crippen LogP contribution in [0.3, 0.4) is 0 Å². The lowest BCUT2D eigenvalue weighted by atomic mass is 10.0. The summed E-state index contributed by atoms with van der Waals surface area (Å²) in [5.41, 5.74) is 4.08. The minimum absolute atomic E-state index is 1.05. The molecular weight excluding hydrogens is 196 g/mol. The molecular formula is C14H20N2. The Morgan fingerprint density at radius 1 is 1.38 bits per heavy atom. The fraction of sp³-hybridized carbons (Fsp3) is 0.429. The molecule has 0 aliphatic carbocycles. The second-order valence-electron chi connectivity index (χ2n) is 4.37. The maximum Gasteiger partial charge on any atom is 0.0243 e. The van der Waals surface area contributed by atoms with Crippen LogP contribution in [0.25, 0.3) is 6.08 Å². The predicted octanol–water partition coefficient (Wildman–Crippen LogP) is 2.04. The van der Waals surface area contributed by atoms with Crippen molar-refractivity contribution >= 4 is 6.08 Å². The van der Waals surface area contributed by atoms with Gasteiger partial charge < -0.3 is 5.32 Å². The van der Waals surface area contributed by atoms with E-state index in [0.717, 1.165) is 32.7 Å². The maximum absolute atomic E-state index is 3.89. The number of aryl methyl sites for hydroxylation is 1. The predicted molar refractivity (Wildman–Crippen MR) is 69.4 cm³/mol. The van der Waals surface area contributed by atoms with Crippen LogP contribution in [0.15, 0.2) is 24.8 Å². The quantitative estimate of drug-likeness (QED) is 0.832. The van der Waals surface area contributed by atoms with Crippen molar-refractivity contribution in [3.05, 3.63) is 41.5 Å². The third-order valence-electron chi connectivity index (χ3n) is 3.26. The van der Waals surface area contributed by atoms with Gasteiger partial charge in [-0.3, -0.25) is 4.90 Å². The molecule has 0 aromatic heterocycles. The number of piperazine rings is 1. The monoisotopic (exact) mass is 216 g/mol. The first-order valence-electron chi connectivity index (χ1n) is 5.95. The van der Waals surface area contributed by atoms with Gasteiger partial charge in [0.2, 0.25) is 0 Å². The van der Waals surface area contributed by atoms with Gasteiger partial charge in [-0.15, -0.1) is 0 Å². The summed E-state index contributed by atoms with van der Waals surface area (Å²) in [5.74, 6) is 0. The van der Waals surface area contributed by atoms with Crippen LogP contribution in [0.2, 0.25) is 0 Å². The SMILES string of the molecule is C=Cc1cccc(C)c1CN1CCNCC1. The average molecular weight is 216 g/mol. The Balaban J connectivity index is 2.15. The zero-order chi connectivity index (χ0) is 11.4. The molecule has 0 bridgehead atoms. The maximum atomic E-state index is 3.89. The third kappa shape index (κ3) is 2.52. The van der Waals surface area contributed by atoms with Gasteiger partial charge in [0, 0.05) is 32.7 Å². The number of rotatable bonds is 3. The molecule has 1 fully saturated rings. The van der Waals surface area contributed by atoms with E-state index in [1.807, 2.05) is 6.08 Å². The zero-order valence-corrected chi connectivity index (χ0v) is 10.00. The van der Waals surface area contributed by atoms with Gasteiger partial charge in [0.15, 0.2) is 0 Å². The van der Waals surface area contributed by atoms with Gasteiger partial charge in [0.25, 0.3) is 0 Å². The van der Waals surface area contributed by atoms with Crippen molar-refractivity contribution in [2.24, 2.45) is 0 Å². The number of nitrogens with one attached hydrogen (secondary N) is 1. The molecule has 0 saturated carbocycles. The summed E-state index contributed by atoms with van der Waals surface area (Å²) in [6.45, 7) is 11.6. The van der Waals surface area contributed by atoms with Crippen molar-refractivity contribution in [1.82, 2.24) is 10.2 Å². The zero-order valence-electron chi connectivity index (χ0n) is 10.00. The first-order chi connectivity index (χ1) is 7.81. The Morgan fingerprint density at radius 3 is 2.81 bits per heavy atom. The summed E-state index contributed by atoms with van der Waals surface area (Å²) in [4.78, 5) is 2.51. The van der Waals surface area contributed by atoms with E-state index in [1.165, 1.54) is 16.7 Å². The number of hydrogen-bond acceptors (Lipinski definition) is 2. The van der Waals surface area contributed by atoms with Gasteiger partial charge in [-0.1, -0.05) is 30.9 Å². The lowest BCUT2D eigenvalue weighted by Gasteiger charge is -2.28. The van der Waals surface area contributed by atoms with E-state index in [2.05, 4.69) is 41.9 Å². The minimum atomic E-state index is 1.05. The Morgan fingerprint density at radius 2 is 2.12 bits per heavy atom. The molecule has 1 N–H and O–H groups in total. The van der Waals surface area contributed by atoms with Crippen molar-refractivity contribution in [1.29, 1.82) is 0 Å². The summed E-state index contributed by atoms with van der Waals surface area (Å²) in [7, 11) is 0. The van der Waals surface area contributed by atoms with Gasteiger partial charge >= 0.3 is 0 Å². The van der Waals surface area contributed by atoms with Crippen LogP contribution in [-0.4, -0.2) is 31.1 Å². The third-order valence-corrected chi connectivity index (χ3v) is 3.26. The fourth-order valence-electron chi connectivity index (χ4n) is 2.23. The molecule has 1 aromatic rings. The molecule has 0 unspecified atom stereocenters. The van der Waals surface area contributed by atoms with Crippen molar-refractivity contribution in [2.45, 2.75) is 13.5 Å². The molecule has 16 heavy (non-hydrogen) atoms. The molecule has 0 atom stereocenters. The van der Waals surface area contributed by atoms with Crippen molar-refractivity contribution in [3.8, 4) is 0 Å². The van der Waals surface area contributed by atoms with Gasteiger partial charge in [-0.25, -0.2) is 0 Å². The Labute approximate surface area is 98.0 Å². The van der Waals surface area contributed by atoms with Crippen LogP contribution in [0.1, 0.15) is 16.7 Å². The Kier molecular flexibility index (Phi) is 3.75. The lowest BCUT2D eigenvalue weighted by Crippen LogP contribution is -2.43. The highest BCUT2D eigenvalue weighted by Crippen LogP contribution is 2.17. The molecule has 1 aliphatic rings. The fourth-order valence-corrected chi connectivity index (χ4v) is 2.23. The molecule has 0 radical (unpaired) electrons. The van der Waals surface area contributed by atoms with E-state index >= 15 is 0 Å². The van der Waals surface area contributed by atoms with E-state index in [4.69, 9.17) is 0 Å². The van der Waals surface area contributed by atoms with E-state index in [1.54, 1.807) is 0 Å². The summed E-state index contributed by atoms with van der Waals surface area (Å²) in [6.07, 6.45) is 1.96. The Bertz CT molecular complexity index is 365. The molecule has 2 rings (SSSR count). The first kappa shape index (κ1) is 11.4. The second-order valence-corrected chi connectivity index (χ2v) is 4.37. The summed E-state index contributed by atoms with van der Waals surface area (Å²) in [6, 6.07) is 6.44. The van der Waals surface area contributed by atoms with Crippen LogP contribution >= 0.6 is 0 Å². The van der Waals surface area contributed by atoms with Crippen molar-refractivity contribution in [2.75, 3.05) is 26.2 Å². The van der Waals surface area contributed by atoms with Gasteiger partial charge in [-0.05, 0) is 23.6 Å². The molecule has 1 aliphatic heterocycles. The van der Waals surface area contributed by atoms with E-state index in [0.29, 0.717) is 0 Å². The van der Waals surface area contributed by atoms with Crippen LogP contribution in [0, 0.1) is 6.92 Å². The average Bonchev–Trinajstić information content (AvgIpc) is 2.33. The molecule has 0 spiro atoms. The largest absolute Gasteiger partial charge is 0.314 e. The highest BCUT2D eigenvalue weighted by atomic mass is 15.2. The molecule has 1 heterocycles. The molecule has 86 valence electrons. The topological polar surface area (TPSA) is 15.3 Å². The van der Waals surface area contributed by atoms with Crippen LogP contribution < -0.4 is 5.32 Å². The standard InChI is InChI=1S/C14H20N2/c1-3-13-6-4-5-12(2)14(13)11-16-9-7-15-8-10-16/h3-6,15H,1,7-11H2,2H3. The van der Waals surface area contributed by atoms with Gasteiger partial charge in [0.1, 0.15) is 0 Å². The van der Waals surface area contributed by atoms with Gasteiger partial charge in [-0.2, -0.15) is 0 Å². The van der Waals surface area contributed by atoms with Gasteiger partial charge in [0.05, 0.1) is 0 Å². The second kappa shape index (κ2) is 5.28. The molecule has 2 nitrogen and oxygen atoms in total. The smallest absolute Gasteiger partial charge is 0.0243 e. The normalized spacial score (nSPS) is 17.3. The van der Waals surface area contributed by atoms with Crippen LogP contribution in [0.4, 0.5) is 0 Å². The Hall–Kier alpha value is -1.12. The van der Waals surface area contributed by atoms with Crippen LogP contribution in [-0.2, 0) is 6.54 Å². The first-order valence-corrected chi connectivity index (χ1v) is 5.95. The number of nitrogens with zero attached hydrogens (tertiary/aromatic N) is 1. The lowest BCUT2D eigenvalue weighted by molar-refractivity contribution is 0.232. The molecule has 1 saturated heterocycles. The summed E-state index contributed by atoms with van der Waals surface area (Å²) in [5, 5.41) is 3.38. The highest BCUT2D eigenvalue weighted by Gasteiger charge is 2.12. The van der Waals surface area contributed by atoms with E-state index < -0.39 is 0 Å². The molecule has 0 amide bonds. The number of hydrogen-bond donors (Lipinski definition) is 1. The van der Waals surface area contributed by atoms with Crippen molar-refractivity contribution in [3.63, 3.8) is 0 Å². The molecule has 1 aromatic carbocycles. The number of benzene rings is 1. The highest BCUT2D eigenvalue weighted by molar-refractivity contribution is 5.54. The van der Waals surface area contributed by atoms with E-state index in [9.17, 15) is 0 Å².